The number of methoxy groups -OCH3 is 3. The maximum atomic E-state index is 14.8. The Morgan fingerprint density at radius 2 is 0.943 bits per heavy atom. The third-order valence-corrected chi connectivity index (χ3v) is 17.7. The number of aliphatic hydroxyl groups is 6. The van der Waals surface area contributed by atoms with Crippen LogP contribution in [0, 0.1) is 0 Å². The van der Waals surface area contributed by atoms with Crippen molar-refractivity contribution in [2.45, 2.75) is 145 Å². The fourth-order valence-electron chi connectivity index (χ4n) is 12.3. The minimum absolute atomic E-state index is 0.00115. The Labute approximate surface area is 605 Å². The minimum Gasteiger partial charge on any atom is -0.493 e. The van der Waals surface area contributed by atoms with Crippen LogP contribution in [-0.4, -0.2) is 256 Å². The summed E-state index contributed by atoms with van der Waals surface area (Å²) in [6.07, 6.45) is -13.4. The van der Waals surface area contributed by atoms with E-state index in [0.717, 1.165) is 11.1 Å². The molecule has 6 aliphatic heterocycles. The largest absolute Gasteiger partial charge is 0.493 e. The smallest absolute Gasteiger partial charge is 0.411 e. The van der Waals surface area contributed by atoms with Gasteiger partial charge in [-0.15, -0.1) is 0 Å². The highest BCUT2D eigenvalue weighted by molar-refractivity contribution is 6.05. The van der Waals surface area contributed by atoms with Gasteiger partial charge in [0.25, 0.3) is 23.6 Å². The molecule has 10 N–H and O–H groups in total. The van der Waals surface area contributed by atoms with Crippen LogP contribution in [0.25, 0.3) is 0 Å². The molecular formula is C72H92N6O27. The molecule has 6 heterocycles. The number of carbonyl (C=O) groups excluding carboxylic acids is 6. The number of benzene rings is 4. The average molecular weight is 1470 g/mol. The van der Waals surface area contributed by atoms with Gasteiger partial charge in [0.1, 0.15) is 61.3 Å². The van der Waals surface area contributed by atoms with Gasteiger partial charge in [-0.3, -0.25) is 29.8 Å². The number of nitrogens with zero attached hydrogens (tertiary/aromatic N) is 2. The van der Waals surface area contributed by atoms with E-state index in [4.69, 9.17) is 71.1 Å². The van der Waals surface area contributed by atoms with E-state index in [1.165, 1.54) is 82.0 Å². The van der Waals surface area contributed by atoms with E-state index in [1.54, 1.807) is 30.6 Å². The number of aliphatic hydroxyl groups excluding tert-OH is 6. The molecule has 6 aliphatic rings. The van der Waals surface area contributed by atoms with Crippen LogP contribution in [0.5, 0.6) is 34.5 Å². The molecule has 6 fully saturated rings. The molecule has 10 rings (SSSR count). The molecule has 0 spiro atoms. The maximum Gasteiger partial charge on any atom is 0.411 e. The van der Waals surface area contributed by atoms with E-state index < -0.39 is 128 Å². The molecule has 4 aromatic rings. The maximum absolute atomic E-state index is 14.8. The van der Waals surface area contributed by atoms with Crippen molar-refractivity contribution in [1.29, 1.82) is 0 Å². The van der Waals surface area contributed by atoms with E-state index in [-0.39, 0.29) is 121 Å². The molecule has 4 aromatic carbocycles. The van der Waals surface area contributed by atoms with Crippen molar-refractivity contribution in [2.24, 2.45) is 0 Å². The van der Waals surface area contributed by atoms with Gasteiger partial charge in [-0.2, -0.15) is 0 Å². The first-order chi connectivity index (χ1) is 50.3. The summed E-state index contributed by atoms with van der Waals surface area (Å²) in [7, 11) is 4.25. The Hall–Kier alpha value is -8.94. The lowest BCUT2D eigenvalue weighted by atomic mass is 10.0. The highest BCUT2D eigenvalue weighted by atomic mass is 16.7. The van der Waals surface area contributed by atoms with E-state index in [2.05, 4.69) is 34.4 Å². The summed E-state index contributed by atoms with van der Waals surface area (Å²) in [4.78, 5) is 87.8. The molecule has 0 bridgehead atoms. The van der Waals surface area contributed by atoms with Gasteiger partial charge in [0.05, 0.1) is 119 Å². The van der Waals surface area contributed by atoms with Crippen molar-refractivity contribution >= 4 is 47.2 Å². The van der Waals surface area contributed by atoms with Gasteiger partial charge >= 0.3 is 12.2 Å². The van der Waals surface area contributed by atoms with Crippen LogP contribution in [0.2, 0.25) is 0 Å². The van der Waals surface area contributed by atoms with Crippen molar-refractivity contribution in [3.05, 3.63) is 118 Å². The Balaban J connectivity index is 0.822. The molecule has 0 aromatic heterocycles. The van der Waals surface area contributed by atoms with Crippen LogP contribution >= 0.6 is 0 Å². The second-order valence-corrected chi connectivity index (χ2v) is 26.7. The fraction of sp³-hybridized carbons (Fsp3) is 0.528. The summed E-state index contributed by atoms with van der Waals surface area (Å²) in [5.41, 5.74) is 1.33. The van der Waals surface area contributed by atoms with Crippen LogP contribution in [0.4, 0.5) is 21.0 Å². The van der Waals surface area contributed by atoms with Crippen molar-refractivity contribution in [2.75, 3.05) is 111 Å². The summed E-state index contributed by atoms with van der Waals surface area (Å²) < 4.78 is 86.5. The van der Waals surface area contributed by atoms with Gasteiger partial charge in [-0.25, -0.2) is 9.59 Å². The minimum atomic E-state index is -1.67. The second kappa shape index (κ2) is 35.9. The average Bonchev–Trinajstić information content (AvgIpc) is 1.76. The Bertz CT molecular complexity index is 3760. The Morgan fingerprint density at radius 1 is 0.514 bits per heavy atom. The molecular weight excluding hydrogens is 1380 g/mol. The number of nitrogens with one attached hydrogen (secondary N) is 4. The van der Waals surface area contributed by atoms with Gasteiger partial charge in [-0.1, -0.05) is 36.4 Å². The number of ether oxygens (including phenoxy) is 15. The molecule has 6 saturated heterocycles. The molecule has 0 unspecified atom stereocenters. The first-order valence-corrected chi connectivity index (χ1v) is 34.3. The van der Waals surface area contributed by atoms with Crippen LogP contribution in [0.1, 0.15) is 105 Å². The Morgan fingerprint density at radius 3 is 1.35 bits per heavy atom. The topological polar surface area (TPSA) is 417 Å². The van der Waals surface area contributed by atoms with Gasteiger partial charge in [-0.05, 0) is 100 Å². The molecule has 572 valence electrons. The number of hydrogen-bond donors (Lipinski definition) is 10. The summed E-state index contributed by atoms with van der Waals surface area (Å²) >= 11 is 0. The summed E-state index contributed by atoms with van der Waals surface area (Å²) in [5.74, 6) is -1.74. The number of amides is 6. The number of rotatable bonds is 29. The van der Waals surface area contributed by atoms with Crippen molar-refractivity contribution < 1.29 is 130 Å². The van der Waals surface area contributed by atoms with Crippen LogP contribution in [0.15, 0.2) is 85.0 Å². The summed E-state index contributed by atoms with van der Waals surface area (Å²) in [6.45, 7) is 14.2. The predicted molar refractivity (Wildman–Crippen MR) is 368 cm³/mol. The SMILES string of the molecule is C=C1C[C@@H](C2OCCO2)N(C(=O)c2cc(OC)c(OCCCCCOc3cc(NC(=O)OCc4ccc(O[C@@H]5OC[C@@H](O)[C@H](O)[C@H]5O)c(C(=O)NC(C)(C)C)c4)c(C(=O)N4CC(=C)C[C@H]4C4OCCO4)cc3OC)cc2NC(=O)OCc2ccc(O[C@@H]3OC[C@@H](O)[C@H](O)[C@H]3O)c(C(=O)NCCOC)c2)C1. The van der Waals surface area contributed by atoms with Crippen molar-refractivity contribution in [3.8, 4) is 34.5 Å². The predicted octanol–water partition coefficient (Wildman–Crippen LogP) is 3.66. The van der Waals surface area contributed by atoms with Crippen LogP contribution < -0.4 is 49.7 Å². The number of unbranched alkanes of at least 4 members (excludes halogenated alkanes) is 2. The highest BCUT2D eigenvalue weighted by Crippen LogP contribution is 2.40. The molecule has 6 amide bonds. The first-order valence-electron chi connectivity index (χ1n) is 34.3. The third kappa shape index (κ3) is 20.0. The van der Waals surface area contributed by atoms with Gasteiger partial charge in [0.2, 0.25) is 12.6 Å². The lowest BCUT2D eigenvalue weighted by Gasteiger charge is -2.35. The molecule has 33 heteroatoms. The van der Waals surface area contributed by atoms with Gasteiger partial charge < -0.3 is 122 Å². The summed E-state index contributed by atoms with van der Waals surface area (Å²) in [5, 5.41) is 72.7. The molecule has 0 aliphatic carbocycles. The monoisotopic (exact) mass is 1470 g/mol. The highest BCUT2D eigenvalue weighted by Gasteiger charge is 2.45. The van der Waals surface area contributed by atoms with Crippen LogP contribution in [0.3, 0.4) is 0 Å². The zero-order valence-electron chi connectivity index (χ0n) is 59.2. The van der Waals surface area contributed by atoms with Gasteiger partial charge in [0, 0.05) is 44.4 Å². The number of anilines is 2. The molecule has 0 saturated carbocycles. The van der Waals surface area contributed by atoms with Crippen molar-refractivity contribution in [3.63, 3.8) is 0 Å². The lowest BCUT2D eigenvalue weighted by Crippen LogP contribution is -2.54. The Kier molecular flexibility index (Phi) is 26.9. The number of hydrogen-bond acceptors (Lipinski definition) is 27. The molecule has 10 atom stereocenters. The molecule has 0 radical (unpaired) electrons. The number of likely N-dealkylation sites (tertiary alicyclic amines) is 2. The van der Waals surface area contributed by atoms with E-state index in [9.17, 15) is 59.4 Å². The normalized spacial score (nSPS) is 23.5. The van der Waals surface area contributed by atoms with Crippen LogP contribution in [-0.2, 0) is 55.8 Å². The second-order valence-electron chi connectivity index (χ2n) is 26.7. The standard InChI is InChI=1S/C72H92N6O27/c1-38-24-48(66-96-20-21-97-66)77(32-38)64(87)42-28-54(92-7)56(30-46(42)74-70(89)102-34-40-12-14-52(44(26-40)62(85)73-16-19-91-6)104-68-60(83)58(81)50(79)36-100-68)94-17-10-9-11-18-95-57-31-47(43(29-55(57)93-8)65(88)78-33-39(2)25-49(78)67-98-22-23-99-67)75-71(90)103-35-41-13-15-53(45(27-41)63(86)76-72(3,4)5)105-69-61(84)59(82)51(80)37-101-69/h12-15,26-31,48-51,58-61,66-69,79-84H,1-2,9-11,16-25,32-37H2,3-8H3,(H,73,85)(H,74,89)(H,75,90)(H,76,86)/t48-,49-,50+,51+,58-,59-,60+,61+,68-,69-/m0/s1. The third-order valence-electron chi connectivity index (χ3n) is 17.7. The molecule has 33 nitrogen and oxygen atoms in total. The zero-order chi connectivity index (χ0) is 75.2. The number of carbonyl (C=O) groups is 6. The van der Waals surface area contributed by atoms with E-state index >= 15 is 0 Å². The fourth-order valence-corrected chi connectivity index (χ4v) is 12.3. The zero-order valence-corrected chi connectivity index (χ0v) is 59.2. The van der Waals surface area contributed by atoms with Crippen molar-refractivity contribution in [1.82, 2.24) is 20.4 Å². The van der Waals surface area contributed by atoms with E-state index in [1.807, 2.05) is 0 Å². The summed E-state index contributed by atoms with van der Waals surface area (Å²) in [6, 6.07) is 13.3. The first kappa shape index (κ1) is 78.6. The van der Waals surface area contributed by atoms with Gasteiger partial charge in [0.15, 0.2) is 35.6 Å². The quantitative estimate of drug-likeness (QED) is 0.0274. The van der Waals surface area contributed by atoms with E-state index in [0.29, 0.717) is 69.7 Å². The lowest BCUT2D eigenvalue weighted by molar-refractivity contribution is -0.242. The molecule has 105 heavy (non-hydrogen) atoms.